The highest BCUT2D eigenvalue weighted by molar-refractivity contribution is 5.75. The molecule has 0 saturated carbocycles. The standard InChI is InChI=1S/C15H31NO2/c1-4-7-9-13(6-3)10-11-14(16)15(17)18-12-8-5-2/h13-14H,4-12,16H2,1-3H3. The minimum Gasteiger partial charge on any atom is -0.465 e. The first-order chi connectivity index (χ1) is 8.65. The van der Waals surface area contributed by atoms with Crippen molar-refractivity contribution < 1.29 is 9.53 Å². The molecule has 0 aliphatic rings. The molecule has 0 aromatic carbocycles. The normalized spacial score (nSPS) is 14.2. The van der Waals surface area contributed by atoms with E-state index in [9.17, 15) is 4.79 Å². The van der Waals surface area contributed by atoms with Crippen LogP contribution in [0, 0.1) is 5.92 Å². The fraction of sp³-hybridized carbons (Fsp3) is 0.933. The highest BCUT2D eigenvalue weighted by atomic mass is 16.5. The van der Waals surface area contributed by atoms with Crippen molar-refractivity contribution in [2.75, 3.05) is 6.61 Å². The van der Waals surface area contributed by atoms with Crippen LogP contribution in [-0.4, -0.2) is 18.6 Å². The second-order valence-corrected chi connectivity index (χ2v) is 5.12. The van der Waals surface area contributed by atoms with Gasteiger partial charge in [-0.2, -0.15) is 0 Å². The van der Waals surface area contributed by atoms with Crippen LogP contribution in [-0.2, 0) is 9.53 Å². The van der Waals surface area contributed by atoms with Gasteiger partial charge in [0.2, 0.25) is 0 Å². The van der Waals surface area contributed by atoms with Crippen LogP contribution < -0.4 is 5.73 Å². The van der Waals surface area contributed by atoms with E-state index in [-0.39, 0.29) is 5.97 Å². The maximum absolute atomic E-state index is 11.6. The number of hydrogen-bond acceptors (Lipinski definition) is 3. The highest BCUT2D eigenvalue weighted by Gasteiger charge is 2.16. The van der Waals surface area contributed by atoms with Gasteiger partial charge in [0.15, 0.2) is 0 Å². The van der Waals surface area contributed by atoms with Crippen molar-refractivity contribution in [3.8, 4) is 0 Å². The third-order valence-corrected chi connectivity index (χ3v) is 3.47. The van der Waals surface area contributed by atoms with Crippen molar-refractivity contribution >= 4 is 5.97 Å². The summed E-state index contributed by atoms with van der Waals surface area (Å²) in [5, 5.41) is 0. The van der Waals surface area contributed by atoms with Gasteiger partial charge in [0.25, 0.3) is 0 Å². The number of nitrogens with two attached hydrogens (primary N) is 1. The Hall–Kier alpha value is -0.570. The van der Waals surface area contributed by atoms with E-state index in [1.54, 1.807) is 0 Å². The van der Waals surface area contributed by atoms with Gasteiger partial charge in [-0.1, -0.05) is 52.9 Å². The van der Waals surface area contributed by atoms with Crippen LogP contribution in [0.3, 0.4) is 0 Å². The van der Waals surface area contributed by atoms with Crippen LogP contribution in [0.25, 0.3) is 0 Å². The zero-order chi connectivity index (χ0) is 13.8. The van der Waals surface area contributed by atoms with E-state index in [2.05, 4.69) is 20.8 Å². The summed E-state index contributed by atoms with van der Waals surface area (Å²) >= 11 is 0. The molecule has 0 aliphatic carbocycles. The lowest BCUT2D eigenvalue weighted by Gasteiger charge is -2.17. The maximum Gasteiger partial charge on any atom is 0.322 e. The number of carbonyl (C=O) groups excluding carboxylic acids is 1. The lowest BCUT2D eigenvalue weighted by molar-refractivity contribution is -0.145. The second kappa shape index (κ2) is 11.5. The van der Waals surface area contributed by atoms with Crippen LogP contribution in [0.1, 0.15) is 72.1 Å². The predicted molar refractivity (Wildman–Crippen MR) is 76.4 cm³/mol. The minimum atomic E-state index is -0.433. The van der Waals surface area contributed by atoms with Crippen LogP contribution in [0.5, 0.6) is 0 Å². The van der Waals surface area contributed by atoms with Crippen LogP contribution in [0.2, 0.25) is 0 Å². The summed E-state index contributed by atoms with van der Waals surface area (Å²) in [4.78, 5) is 11.6. The average Bonchev–Trinajstić information content (AvgIpc) is 2.38. The van der Waals surface area contributed by atoms with Crippen molar-refractivity contribution in [3.05, 3.63) is 0 Å². The molecule has 0 aliphatic heterocycles. The number of rotatable bonds is 11. The Morgan fingerprint density at radius 2 is 1.72 bits per heavy atom. The zero-order valence-electron chi connectivity index (χ0n) is 12.4. The number of ether oxygens (including phenoxy) is 1. The van der Waals surface area contributed by atoms with Crippen molar-refractivity contribution in [3.63, 3.8) is 0 Å². The van der Waals surface area contributed by atoms with E-state index in [1.165, 1.54) is 25.7 Å². The second-order valence-electron chi connectivity index (χ2n) is 5.12. The van der Waals surface area contributed by atoms with E-state index in [0.29, 0.717) is 12.5 Å². The van der Waals surface area contributed by atoms with Crippen molar-refractivity contribution in [1.29, 1.82) is 0 Å². The van der Waals surface area contributed by atoms with Gasteiger partial charge < -0.3 is 10.5 Å². The molecule has 0 rings (SSSR count). The molecule has 18 heavy (non-hydrogen) atoms. The van der Waals surface area contributed by atoms with Gasteiger partial charge in [-0.25, -0.2) is 0 Å². The van der Waals surface area contributed by atoms with Crippen molar-refractivity contribution in [2.24, 2.45) is 11.7 Å². The van der Waals surface area contributed by atoms with Crippen molar-refractivity contribution in [1.82, 2.24) is 0 Å². The number of hydrogen-bond donors (Lipinski definition) is 1. The first-order valence-electron chi connectivity index (χ1n) is 7.57. The van der Waals surface area contributed by atoms with E-state index in [0.717, 1.165) is 25.7 Å². The molecular formula is C15H31NO2. The van der Waals surface area contributed by atoms with Gasteiger partial charge in [-0.3, -0.25) is 4.79 Å². The largest absolute Gasteiger partial charge is 0.465 e. The molecular weight excluding hydrogens is 226 g/mol. The Morgan fingerprint density at radius 1 is 1.06 bits per heavy atom. The molecule has 0 radical (unpaired) electrons. The lowest BCUT2D eigenvalue weighted by Crippen LogP contribution is -2.33. The first-order valence-corrected chi connectivity index (χ1v) is 7.57. The molecule has 0 bridgehead atoms. The summed E-state index contributed by atoms with van der Waals surface area (Å²) in [6.45, 7) is 7.01. The average molecular weight is 257 g/mol. The summed E-state index contributed by atoms with van der Waals surface area (Å²) in [6.07, 6.45) is 8.70. The van der Waals surface area contributed by atoms with Gasteiger partial charge >= 0.3 is 5.97 Å². The molecule has 2 N–H and O–H groups in total. The van der Waals surface area contributed by atoms with E-state index >= 15 is 0 Å². The third-order valence-electron chi connectivity index (χ3n) is 3.47. The Labute approximate surface area is 112 Å². The smallest absolute Gasteiger partial charge is 0.322 e. The van der Waals surface area contributed by atoms with Gasteiger partial charge in [0, 0.05) is 0 Å². The number of carbonyl (C=O) groups is 1. The van der Waals surface area contributed by atoms with E-state index in [1.807, 2.05) is 0 Å². The molecule has 0 amide bonds. The van der Waals surface area contributed by atoms with Crippen molar-refractivity contribution in [2.45, 2.75) is 78.2 Å². The molecule has 0 heterocycles. The summed E-state index contributed by atoms with van der Waals surface area (Å²) < 4.78 is 5.13. The molecule has 0 fully saturated rings. The molecule has 0 spiro atoms. The van der Waals surface area contributed by atoms with E-state index in [4.69, 9.17) is 10.5 Å². The van der Waals surface area contributed by atoms with E-state index < -0.39 is 6.04 Å². The predicted octanol–water partition coefficient (Wildman–Crippen LogP) is 3.65. The fourth-order valence-electron chi connectivity index (χ4n) is 2.00. The number of unbranched alkanes of at least 4 members (excludes halogenated alkanes) is 2. The molecule has 3 heteroatoms. The monoisotopic (exact) mass is 257 g/mol. The molecule has 0 saturated heterocycles. The zero-order valence-corrected chi connectivity index (χ0v) is 12.4. The molecule has 0 aromatic heterocycles. The van der Waals surface area contributed by atoms with Gasteiger partial charge in [-0.15, -0.1) is 0 Å². The first kappa shape index (κ1) is 17.4. The molecule has 3 nitrogen and oxygen atoms in total. The lowest BCUT2D eigenvalue weighted by atomic mass is 9.92. The van der Waals surface area contributed by atoms with Gasteiger partial charge in [-0.05, 0) is 25.2 Å². The molecule has 2 atom stereocenters. The van der Waals surface area contributed by atoms with Gasteiger partial charge in [0.05, 0.1) is 6.61 Å². The molecule has 0 aromatic rings. The van der Waals surface area contributed by atoms with Crippen LogP contribution >= 0.6 is 0 Å². The SMILES string of the molecule is CCCCOC(=O)C(N)CCC(CC)CCCC. The summed E-state index contributed by atoms with van der Waals surface area (Å²) in [5.74, 6) is 0.480. The summed E-state index contributed by atoms with van der Waals surface area (Å²) in [5.41, 5.74) is 5.86. The van der Waals surface area contributed by atoms with Crippen LogP contribution in [0.15, 0.2) is 0 Å². The molecule has 108 valence electrons. The fourth-order valence-corrected chi connectivity index (χ4v) is 2.00. The van der Waals surface area contributed by atoms with Crippen LogP contribution in [0.4, 0.5) is 0 Å². The van der Waals surface area contributed by atoms with Gasteiger partial charge in [0.1, 0.15) is 6.04 Å². The topological polar surface area (TPSA) is 52.3 Å². The highest BCUT2D eigenvalue weighted by Crippen LogP contribution is 2.19. The minimum absolute atomic E-state index is 0.228. The third kappa shape index (κ3) is 8.51. The summed E-state index contributed by atoms with van der Waals surface area (Å²) in [6, 6.07) is -0.433. The quantitative estimate of drug-likeness (QED) is 0.454. The Bertz CT molecular complexity index is 207. The number of esters is 1. The molecule has 2 unspecified atom stereocenters. The Morgan fingerprint density at radius 3 is 2.28 bits per heavy atom. The summed E-state index contributed by atoms with van der Waals surface area (Å²) in [7, 11) is 0. The Kier molecular flexibility index (Phi) is 11.2. The maximum atomic E-state index is 11.6. The Balaban J connectivity index is 3.77.